The lowest BCUT2D eigenvalue weighted by atomic mass is 9.97. The molecule has 0 heterocycles. The van der Waals surface area contributed by atoms with Gasteiger partial charge >= 0.3 is 0 Å². The highest BCUT2D eigenvalue weighted by atomic mass is 16.5. The molecule has 0 fully saturated rings. The van der Waals surface area contributed by atoms with Crippen LogP contribution in [0.4, 0.5) is 5.69 Å². The number of carbonyl (C=O) groups excluding carboxylic acids is 1. The first-order chi connectivity index (χ1) is 11.1. The van der Waals surface area contributed by atoms with E-state index in [4.69, 9.17) is 10.00 Å². The molecule has 0 bridgehead atoms. The van der Waals surface area contributed by atoms with Crippen LogP contribution in [0.2, 0.25) is 0 Å². The molecule has 4 nitrogen and oxygen atoms in total. The molecule has 2 rings (SSSR count). The molecule has 0 saturated carbocycles. The Bertz CT molecular complexity index is 719. The number of anilines is 1. The first-order valence-electron chi connectivity index (χ1n) is 7.65. The Hall–Kier alpha value is -2.80. The largest absolute Gasteiger partial charge is 0.484 e. The van der Waals surface area contributed by atoms with Crippen molar-refractivity contribution >= 4 is 11.6 Å². The van der Waals surface area contributed by atoms with Gasteiger partial charge in [-0.15, -0.1) is 0 Å². The normalized spacial score (nSPS) is 11.3. The summed E-state index contributed by atoms with van der Waals surface area (Å²) in [5, 5.41) is 11.8. The minimum Gasteiger partial charge on any atom is -0.484 e. The van der Waals surface area contributed by atoms with Crippen molar-refractivity contribution in [1.29, 1.82) is 5.26 Å². The van der Waals surface area contributed by atoms with E-state index < -0.39 is 0 Å². The van der Waals surface area contributed by atoms with Gasteiger partial charge in [0.25, 0.3) is 5.91 Å². The number of hydrogen-bond donors (Lipinski definition) is 1. The van der Waals surface area contributed by atoms with Gasteiger partial charge in [-0.1, -0.05) is 38.1 Å². The van der Waals surface area contributed by atoms with Crippen LogP contribution in [0.5, 0.6) is 5.75 Å². The number of nitriles is 1. The van der Waals surface area contributed by atoms with Crippen molar-refractivity contribution in [3.8, 4) is 11.8 Å². The van der Waals surface area contributed by atoms with Gasteiger partial charge in [0.05, 0.1) is 11.6 Å². The molecule has 23 heavy (non-hydrogen) atoms. The first kappa shape index (κ1) is 16.6. The quantitative estimate of drug-likeness (QED) is 0.874. The average Bonchev–Trinajstić information content (AvgIpc) is 2.60. The van der Waals surface area contributed by atoms with E-state index in [0.29, 0.717) is 17.2 Å². The monoisotopic (exact) mass is 308 g/mol. The molecule has 4 heteroatoms. The molecule has 0 aliphatic rings. The lowest BCUT2D eigenvalue weighted by Gasteiger charge is -2.15. The number of hydrogen-bond acceptors (Lipinski definition) is 3. The van der Waals surface area contributed by atoms with Gasteiger partial charge < -0.3 is 10.1 Å². The van der Waals surface area contributed by atoms with Gasteiger partial charge in [-0.2, -0.15) is 5.26 Å². The van der Waals surface area contributed by atoms with E-state index in [1.807, 2.05) is 30.3 Å². The molecule has 2 aromatic rings. The third-order valence-electron chi connectivity index (χ3n) is 3.71. The number of para-hydroxylation sites is 1. The van der Waals surface area contributed by atoms with E-state index in [1.54, 1.807) is 24.3 Å². The number of nitrogens with one attached hydrogen (secondary N) is 1. The zero-order valence-corrected chi connectivity index (χ0v) is 13.4. The summed E-state index contributed by atoms with van der Waals surface area (Å²) in [5.41, 5.74) is 2.45. The Balaban J connectivity index is 1.99. The van der Waals surface area contributed by atoms with Gasteiger partial charge in [0, 0.05) is 5.69 Å². The lowest BCUT2D eigenvalue weighted by molar-refractivity contribution is -0.118. The van der Waals surface area contributed by atoms with Gasteiger partial charge in [-0.05, 0) is 42.2 Å². The lowest BCUT2D eigenvalue weighted by Crippen LogP contribution is -2.21. The zero-order chi connectivity index (χ0) is 16.7. The number of amides is 1. The Morgan fingerprint density at radius 2 is 2.04 bits per heavy atom. The molecule has 0 saturated heterocycles. The molecule has 2 aromatic carbocycles. The predicted octanol–water partition coefficient (Wildman–Crippen LogP) is 4.09. The number of ether oxygens (including phenoxy) is 1. The van der Waals surface area contributed by atoms with E-state index in [-0.39, 0.29) is 12.5 Å². The second-order valence-electron chi connectivity index (χ2n) is 5.37. The van der Waals surface area contributed by atoms with E-state index in [2.05, 4.69) is 19.2 Å². The summed E-state index contributed by atoms with van der Waals surface area (Å²) < 4.78 is 5.45. The Labute approximate surface area is 136 Å². The fourth-order valence-corrected chi connectivity index (χ4v) is 2.25. The second kappa shape index (κ2) is 8.00. The third kappa shape index (κ3) is 4.58. The number of rotatable bonds is 6. The molecular weight excluding hydrogens is 288 g/mol. The standard InChI is InChI=1S/C19H20N2O2/c1-3-14(2)17-9-4-5-10-18(17)21-19(22)13-23-16-8-6-7-15(11-16)12-20/h4-11,14H,3,13H2,1-2H3,(H,21,22)/t14-/m1/s1. The zero-order valence-electron chi connectivity index (χ0n) is 13.4. The van der Waals surface area contributed by atoms with Crippen LogP contribution < -0.4 is 10.1 Å². The molecule has 0 aliphatic carbocycles. The van der Waals surface area contributed by atoms with Crippen LogP contribution in [0, 0.1) is 11.3 Å². The summed E-state index contributed by atoms with van der Waals surface area (Å²) >= 11 is 0. The van der Waals surface area contributed by atoms with Crippen molar-refractivity contribution in [2.45, 2.75) is 26.2 Å². The molecule has 1 N–H and O–H groups in total. The molecule has 1 amide bonds. The van der Waals surface area contributed by atoms with Crippen LogP contribution in [0.25, 0.3) is 0 Å². The molecule has 1 atom stereocenters. The predicted molar refractivity (Wildman–Crippen MR) is 90.4 cm³/mol. The fourth-order valence-electron chi connectivity index (χ4n) is 2.25. The first-order valence-corrected chi connectivity index (χ1v) is 7.65. The number of benzene rings is 2. The van der Waals surface area contributed by atoms with E-state index in [1.165, 1.54) is 0 Å². The molecule has 0 aromatic heterocycles. The van der Waals surface area contributed by atoms with Crippen LogP contribution in [0.15, 0.2) is 48.5 Å². The van der Waals surface area contributed by atoms with Crippen LogP contribution in [-0.4, -0.2) is 12.5 Å². The summed E-state index contributed by atoms with van der Waals surface area (Å²) in [6, 6.07) is 16.6. The fraction of sp³-hybridized carbons (Fsp3) is 0.263. The minimum atomic E-state index is -0.219. The van der Waals surface area contributed by atoms with E-state index in [0.717, 1.165) is 17.7 Å². The topological polar surface area (TPSA) is 62.1 Å². The SMILES string of the molecule is CC[C@@H](C)c1ccccc1NC(=O)COc1cccc(C#N)c1. The van der Waals surface area contributed by atoms with Crippen LogP contribution >= 0.6 is 0 Å². The summed E-state index contributed by atoms with van der Waals surface area (Å²) in [5.74, 6) is 0.664. The van der Waals surface area contributed by atoms with Gasteiger partial charge in [0.1, 0.15) is 5.75 Å². The third-order valence-corrected chi connectivity index (χ3v) is 3.71. The molecule has 0 unspecified atom stereocenters. The Kier molecular flexibility index (Phi) is 5.76. The maximum absolute atomic E-state index is 12.1. The second-order valence-corrected chi connectivity index (χ2v) is 5.37. The van der Waals surface area contributed by atoms with Crippen molar-refractivity contribution in [1.82, 2.24) is 0 Å². The summed E-state index contributed by atoms with van der Waals surface area (Å²) in [6.45, 7) is 4.16. The summed E-state index contributed by atoms with van der Waals surface area (Å²) in [7, 11) is 0. The van der Waals surface area contributed by atoms with Crippen LogP contribution in [-0.2, 0) is 4.79 Å². The highest BCUT2D eigenvalue weighted by molar-refractivity contribution is 5.92. The van der Waals surface area contributed by atoms with Crippen LogP contribution in [0.3, 0.4) is 0 Å². The van der Waals surface area contributed by atoms with E-state index in [9.17, 15) is 4.79 Å². The van der Waals surface area contributed by atoms with Crippen molar-refractivity contribution in [3.63, 3.8) is 0 Å². The van der Waals surface area contributed by atoms with Gasteiger partial charge in [-0.3, -0.25) is 4.79 Å². The molecular formula is C19H20N2O2. The van der Waals surface area contributed by atoms with Crippen LogP contribution in [0.1, 0.15) is 37.3 Å². The van der Waals surface area contributed by atoms with Crippen molar-refractivity contribution in [3.05, 3.63) is 59.7 Å². The van der Waals surface area contributed by atoms with Crippen molar-refractivity contribution in [2.75, 3.05) is 11.9 Å². The Morgan fingerprint density at radius 1 is 1.26 bits per heavy atom. The number of carbonyl (C=O) groups is 1. The highest BCUT2D eigenvalue weighted by Gasteiger charge is 2.11. The number of nitrogens with zero attached hydrogens (tertiary/aromatic N) is 1. The van der Waals surface area contributed by atoms with E-state index >= 15 is 0 Å². The summed E-state index contributed by atoms with van der Waals surface area (Å²) in [4.78, 5) is 12.1. The van der Waals surface area contributed by atoms with Gasteiger partial charge in [-0.25, -0.2) is 0 Å². The van der Waals surface area contributed by atoms with Crippen molar-refractivity contribution in [2.24, 2.45) is 0 Å². The smallest absolute Gasteiger partial charge is 0.262 e. The molecule has 118 valence electrons. The summed E-state index contributed by atoms with van der Waals surface area (Å²) in [6.07, 6.45) is 1.00. The Morgan fingerprint density at radius 3 is 2.78 bits per heavy atom. The van der Waals surface area contributed by atoms with Gasteiger partial charge in [0.15, 0.2) is 6.61 Å². The average molecular weight is 308 g/mol. The van der Waals surface area contributed by atoms with Gasteiger partial charge in [0.2, 0.25) is 0 Å². The minimum absolute atomic E-state index is 0.0935. The maximum Gasteiger partial charge on any atom is 0.262 e. The molecule has 0 radical (unpaired) electrons. The highest BCUT2D eigenvalue weighted by Crippen LogP contribution is 2.26. The maximum atomic E-state index is 12.1. The molecule has 0 aliphatic heterocycles. The van der Waals surface area contributed by atoms with Crippen molar-refractivity contribution < 1.29 is 9.53 Å². The molecule has 0 spiro atoms.